The first-order valence-corrected chi connectivity index (χ1v) is 2.46. The Labute approximate surface area is 37.2 Å². The van der Waals surface area contributed by atoms with E-state index in [-0.39, 0.29) is 1.43 Å². The van der Waals surface area contributed by atoms with Crippen molar-refractivity contribution >= 4 is 10.4 Å². The first kappa shape index (κ1) is 5.87. The van der Waals surface area contributed by atoms with Crippen molar-refractivity contribution in [2.75, 3.05) is 7.11 Å². The maximum Gasteiger partial charge on any atom is 0.397 e. The highest BCUT2D eigenvalue weighted by Crippen LogP contribution is 1.74. The molecule has 0 saturated heterocycles. The topological polar surface area (TPSA) is 63.6 Å². The summed E-state index contributed by atoms with van der Waals surface area (Å²) in [6.45, 7) is 0. The Bertz CT molecular complexity index is 114. The quantitative estimate of drug-likeness (QED) is 0.469. The molecule has 0 heterocycles. The van der Waals surface area contributed by atoms with Crippen LogP contribution in [0.2, 0.25) is 0 Å². The molecular weight excluding hydrogens is 108 g/mol. The first-order chi connectivity index (χ1) is 2.56. The normalized spacial score (nSPS) is 11.7. The molecule has 0 saturated carbocycles. The second-order valence-electron chi connectivity index (χ2n) is 0.594. The van der Waals surface area contributed by atoms with Gasteiger partial charge in [-0.2, -0.15) is 8.42 Å². The molecule has 5 heteroatoms. The molecule has 1 N–H and O–H groups in total. The van der Waals surface area contributed by atoms with Gasteiger partial charge in [-0.15, -0.1) is 0 Å². The van der Waals surface area contributed by atoms with Crippen LogP contribution in [0.4, 0.5) is 0 Å². The second-order valence-corrected chi connectivity index (χ2v) is 1.78. The summed E-state index contributed by atoms with van der Waals surface area (Å²) in [5, 5.41) is 0. The summed E-state index contributed by atoms with van der Waals surface area (Å²) in [5.41, 5.74) is 0. The van der Waals surface area contributed by atoms with E-state index in [9.17, 15) is 8.42 Å². The maximum atomic E-state index is 9.33. The monoisotopic (exact) mass is 114 g/mol. The van der Waals surface area contributed by atoms with E-state index in [2.05, 4.69) is 4.18 Å². The van der Waals surface area contributed by atoms with Crippen molar-refractivity contribution in [3.8, 4) is 0 Å². The van der Waals surface area contributed by atoms with Crippen molar-refractivity contribution < 1.29 is 18.6 Å². The van der Waals surface area contributed by atoms with Gasteiger partial charge in [0.2, 0.25) is 0 Å². The lowest BCUT2D eigenvalue weighted by molar-refractivity contribution is 0.324. The van der Waals surface area contributed by atoms with Crippen LogP contribution >= 0.6 is 0 Å². The fraction of sp³-hybridized carbons (Fsp3) is 1.00. The number of rotatable bonds is 1. The Morgan fingerprint density at radius 3 is 2.00 bits per heavy atom. The third kappa shape index (κ3) is 3.87. The predicted octanol–water partition coefficient (Wildman–Crippen LogP) is -0.452. The fourth-order valence-corrected chi connectivity index (χ4v) is 0. The number of hydrogen-bond acceptors (Lipinski definition) is 3. The minimum absolute atomic E-state index is 0. The zero-order valence-corrected chi connectivity index (χ0v) is 3.90. The molecule has 1 radical (unpaired) electrons. The summed E-state index contributed by atoms with van der Waals surface area (Å²) >= 11 is 0. The zero-order valence-electron chi connectivity index (χ0n) is 4.08. The summed E-state index contributed by atoms with van der Waals surface area (Å²) in [6, 6.07) is 0. The molecule has 0 aliphatic heterocycles. The van der Waals surface area contributed by atoms with Gasteiger partial charge in [-0.25, -0.2) is 0 Å². The van der Waals surface area contributed by atoms with E-state index in [1.165, 1.54) is 0 Å². The average molecular weight is 114 g/mol. The molecule has 0 fully saturated rings. The van der Waals surface area contributed by atoms with Crippen LogP contribution in [0.15, 0.2) is 0 Å². The molecule has 0 unspecified atom stereocenters. The van der Waals surface area contributed by atoms with E-state index in [0.717, 1.165) is 7.11 Å². The van der Waals surface area contributed by atoms with Crippen LogP contribution in [0.5, 0.6) is 0 Å². The molecule has 6 heavy (non-hydrogen) atoms. The molecule has 0 bridgehead atoms. The van der Waals surface area contributed by atoms with E-state index in [4.69, 9.17) is 4.55 Å². The van der Waals surface area contributed by atoms with Gasteiger partial charge in [0.05, 0.1) is 7.11 Å². The van der Waals surface area contributed by atoms with E-state index in [1.807, 2.05) is 0 Å². The van der Waals surface area contributed by atoms with Gasteiger partial charge >= 0.3 is 10.4 Å². The molecule has 4 nitrogen and oxygen atoms in total. The van der Waals surface area contributed by atoms with Gasteiger partial charge in [0.1, 0.15) is 0 Å². The van der Waals surface area contributed by atoms with E-state index < -0.39 is 10.4 Å². The van der Waals surface area contributed by atoms with Crippen molar-refractivity contribution in [2.45, 2.75) is 0 Å². The SMILES string of the molecule is COS(=O)(=O)O.[2H]. The molecule has 0 amide bonds. The minimum atomic E-state index is -4.16. The van der Waals surface area contributed by atoms with Gasteiger partial charge in [-0.05, 0) is 0 Å². The van der Waals surface area contributed by atoms with E-state index in [1.54, 1.807) is 0 Å². The van der Waals surface area contributed by atoms with Crippen LogP contribution in [0, 0.1) is 0 Å². The van der Waals surface area contributed by atoms with Gasteiger partial charge in [-0.3, -0.25) is 8.74 Å². The Morgan fingerprint density at radius 1 is 1.83 bits per heavy atom. The largest absolute Gasteiger partial charge is 0.397 e. The molecule has 0 aliphatic rings. The zero-order chi connectivity index (χ0) is 5.21. The smallest absolute Gasteiger partial charge is 0.264 e. The van der Waals surface area contributed by atoms with E-state index in [0.29, 0.717) is 0 Å². The Morgan fingerprint density at radius 2 is 2.00 bits per heavy atom. The molecule has 0 aromatic rings. The third-order valence-corrected chi connectivity index (χ3v) is 0.632. The van der Waals surface area contributed by atoms with Gasteiger partial charge in [0.15, 0.2) is 0 Å². The van der Waals surface area contributed by atoms with Crippen LogP contribution in [-0.4, -0.2) is 20.1 Å². The van der Waals surface area contributed by atoms with Crippen molar-refractivity contribution in [1.29, 1.82) is 0 Å². The standard InChI is InChI=1S/CH4O4S.H/c1-5-6(2,3)4;/h1H3,(H,2,3,4);/i;1+1. The van der Waals surface area contributed by atoms with Gasteiger partial charge in [-0.1, -0.05) is 0 Å². The molecule has 0 rings (SSSR count). The summed E-state index contributed by atoms with van der Waals surface area (Å²) in [5.74, 6) is 0. The van der Waals surface area contributed by atoms with Crippen LogP contribution in [0.3, 0.4) is 0 Å². The van der Waals surface area contributed by atoms with Gasteiger partial charge in [0, 0.05) is 1.43 Å². The van der Waals surface area contributed by atoms with Crippen LogP contribution in [0.25, 0.3) is 0 Å². The highest BCUT2D eigenvalue weighted by atomic mass is 32.3. The Kier molecular flexibility index (Phi) is 1.51. The summed E-state index contributed by atoms with van der Waals surface area (Å²) in [7, 11) is -3.29. The fourth-order valence-electron chi connectivity index (χ4n) is 0. The van der Waals surface area contributed by atoms with Crippen LogP contribution in [-0.2, 0) is 14.6 Å². The lowest BCUT2D eigenvalue weighted by Crippen LogP contribution is -1.96. The number of hydrogen-bond donors (Lipinski definition) is 1. The average Bonchev–Trinajstić information content (AvgIpc) is 1.35. The second kappa shape index (κ2) is 1.55. The highest BCUT2D eigenvalue weighted by molar-refractivity contribution is 7.80. The van der Waals surface area contributed by atoms with Gasteiger partial charge < -0.3 is 0 Å². The van der Waals surface area contributed by atoms with Crippen molar-refractivity contribution in [2.24, 2.45) is 0 Å². The van der Waals surface area contributed by atoms with Crippen LogP contribution < -0.4 is 0 Å². The van der Waals surface area contributed by atoms with Crippen molar-refractivity contribution in [1.82, 2.24) is 0 Å². The lowest BCUT2D eigenvalue weighted by Gasteiger charge is -1.82. The lowest BCUT2D eigenvalue weighted by atomic mass is 11.8. The van der Waals surface area contributed by atoms with Crippen molar-refractivity contribution in [3.05, 3.63) is 0 Å². The third-order valence-electron chi connectivity index (χ3n) is 0.211. The molecule has 0 spiro atoms. The Balaban J connectivity index is 0. The summed E-state index contributed by atoms with van der Waals surface area (Å²) in [6.07, 6.45) is 0. The summed E-state index contributed by atoms with van der Waals surface area (Å²) < 4.78 is 29.7. The molecule has 0 atom stereocenters. The summed E-state index contributed by atoms with van der Waals surface area (Å²) in [4.78, 5) is 0. The Hall–Kier alpha value is -0.130. The van der Waals surface area contributed by atoms with Crippen molar-refractivity contribution in [3.63, 3.8) is 0 Å². The maximum absolute atomic E-state index is 9.33. The molecular formula is CH5O4S. The highest BCUT2D eigenvalue weighted by Gasteiger charge is 1.93. The minimum Gasteiger partial charge on any atom is -0.264 e. The van der Waals surface area contributed by atoms with Gasteiger partial charge in [0.25, 0.3) is 0 Å². The molecule has 0 aromatic carbocycles. The molecule has 0 aromatic heterocycles. The first-order valence-electron chi connectivity index (χ1n) is 1.09. The molecule has 0 aliphatic carbocycles. The van der Waals surface area contributed by atoms with E-state index >= 15 is 0 Å². The molecule has 39 valence electrons. The predicted molar refractivity (Wildman–Crippen MR) is 19.7 cm³/mol. The van der Waals surface area contributed by atoms with Crippen LogP contribution in [0.1, 0.15) is 1.43 Å².